The fraction of sp³-hybridized carbons (Fsp3) is 0.333. The second kappa shape index (κ2) is 11.1. The van der Waals surface area contributed by atoms with Gasteiger partial charge in [-0.1, -0.05) is 6.07 Å². The van der Waals surface area contributed by atoms with Gasteiger partial charge in [0.25, 0.3) is 0 Å². The van der Waals surface area contributed by atoms with E-state index < -0.39 is 47.9 Å². The molecule has 15 heteroatoms. The molecular weight excluding hydrogens is 570 g/mol. The van der Waals surface area contributed by atoms with Gasteiger partial charge >= 0.3 is 18.2 Å². The van der Waals surface area contributed by atoms with Gasteiger partial charge in [-0.05, 0) is 75.8 Å². The molecule has 0 aliphatic carbocycles. The molecule has 0 spiro atoms. The molecule has 0 unspecified atom stereocenters. The molecule has 0 radical (unpaired) electrons. The first kappa shape index (κ1) is 29.1. The number of carbonyl (C=O) groups is 2. The molecule has 0 atom stereocenters. The van der Waals surface area contributed by atoms with Crippen molar-refractivity contribution in [1.29, 1.82) is 0 Å². The van der Waals surface area contributed by atoms with Gasteiger partial charge in [0, 0.05) is 17.2 Å². The Morgan fingerprint density at radius 1 is 1.05 bits per heavy atom. The van der Waals surface area contributed by atoms with Crippen molar-refractivity contribution < 1.29 is 40.8 Å². The molecule has 2 aliphatic heterocycles. The molecule has 9 nitrogen and oxygen atoms in total. The lowest BCUT2D eigenvalue weighted by atomic mass is 9.99. The molecule has 1 saturated heterocycles. The summed E-state index contributed by atoms with van der Waals surface area (Å²) in [4.78, 5) is 41.0. The van der Waals surface area contributed by atoms with Crippen LogP contribution in [0.4, 0.5) is 48.6 Å². The number of piperidine rings is 1. The highest BCUT2D eigenvalue weighted by molar-refractivity contribution is 6.02. The summed E-state index contributed by atoms with van der Waals surface area (Å²) in [6.45, 7) is 2.28. The van der Waals surface area contributed by atoms with Crippen LogP contribution in [0.25, 0.3) is 11.3 Å². The van der Waals surface area contributed by atoms with Gasteiger partial charge in [0.1, 0.15) is 23.1 Å². The van der Waals surface area contributed by atoms with E-state index in [1.54, 1.807) is 6.92 Å². The quantitative estimate of drug-likeness (QED) is 0.392. The van der Waals surface area contributed by atoms with Crippen LogP contribution in [-0.4, -0.2) is 64.3 Å². The molecule has 2 aliphatic rings. The summed E-state index contributed by atoms with van der Waals surface area (Å²) in [7, 11) is 1.96. The molecule has 0 bridgehead atoms. The van der Waals surface area contributed by atoms with Crippen molar-refractivity contribution in [2.24, 2.45) is 0 Å². The molecule has 5 rings (SSSR count). The van der Waals surface area contributed by atoms with Crippen LogP contribution in [0.2, 0.25) is 0 Å². The number of aryl methyl sites for hydroxylation is 1. The number of likely N-dealkylation sites (tertiary alicyclic amines) is 1. The average molecular weight is 595 g/mol. The van der Waals surface area contributed by atoms with Crippen LogP contribution in [0.5, 0.6) is 0 Å². The van der Waals surface area contributed by atoms with Crippen molar-refractivity contribution in [2.45, 2.75) is 38.5 Å². The zero-order chi connectivity index (χ0) is 30.3. The van der Waals surface area contributed by atoms with Gasteiger partial charge in [-0.15, -0.1) is 5.06 Å². The van der Waals surface area contributed by atoms with E-state index in [-0.39, 0.29) is 34.1 Å². The number of fused-ring (bicyclic) bond motifs is 1. The number of rotatable bonds is 5. The number of nitrogens with one attached hydrogen (secondary N) is 1. The summed E-state index contributed by atoms with van der Waals surface area (Å²) in [6.07, 6.45) is -4.08. The third kappa shape index (κ3) is 5.68. The van der Waals surface area contributed by atoms with E-state index in [4.69, 9.17) is 0 Å². The Kier molecular flexibility index (Phi) is 7.70. The van der Waals surface area contributed by atoms with Crippen molar-refractivity contribution in [2.75, 3.05) is 30.4 Å². The molecule has 3 heterocycles. The average Bonchev–Trinajstić information content (AvgIpc) is 2.91. The number of amides is 2. The van der Waals surface area contributed by atoms with Crippen LogP contribution in [-0.2, 0) is 16.2 Å². The second-order valence-electron chi connectivity index (χ2n) is 9.98. The fourth-order valence-corrected chi connectivity index (χ4v) is 4.86. The van der Waals surface area contributed by atoms with Crippen molar-refractivity contribution in [3.05, 3.63) is 65.0 Å². The van der Waals surface area contributed by atoms with E-state index >= 15 is 8.78 Å². The number of para-hydroxylation sites is 1. The van der Waals surface area contributed by atoms with Gasteiger partial charge < -0.3 is 15.1 Å². The molecule has 1 N–H and O–H groups in total. The monoisotopic (exact) mass is 594 g/mol. The van der Waals surface area contributed by atoms with Gasteiger partial charge in [0.2, 0.25) is 5.95 Å². The van der Waals surface area contributed by atoms with Crippen molar-refractivity contribution in [3.8, 4) is 11.3 Å². The standard InChI is InChI=1S/C27H24F6N6O3/c1-14-12-15(28)6-7-17(14)21-18-13-38(42-24(40)27(31,32)33)26(41)39(22-19(29)4-3-5-20(22)30)23(18)36-25(35-21)34-16-8-10-37(2)11-9-16/h3-7,12,16H,8-11,13H2,1-2H3,(H,34,35,36). The van der Waals surface area contributed by atoms with Crippen LogP contribution in [0, 0.1) is 24.4 Å². The van der Waals surface area contributed by atoms with Crippen LogP contribution < -0.4 is 10.2 Å². The van der Waals surface area contributed by atoms with Crippen molar-refractivity contribution in [1.82, 2.24) is 19.9 Å². The molecule has 1 aromatic heterocycles. The maximum atomic E-state index is 15.1. The zero-order valence-electron chi connectivity index (χ0n) is 22.3. The van der Waals surface area contributed by atoms with Crippen LogP contribution in [0.1, 0.15) is 24.0 Å². The van der Waals surface area contributed by atoms with Crippen LogP contribution in [0.3, 0.4) is 0 Å². The normalized spacial score (nSPS) is 16.4. The largest absolute Gasteiger partial charge is 0.493 e. The number of hydrogen-bond acceptors (Lipinski definition) is 7. The summed E-state index contributed by atoms with van der Waals surface area (Å²) in [5.41, 5.74) is -0.374. The third-order valence-electron chi connectivity index (χ3n) is 6.98. The molecule has 2 aromatic carbocycles. The number of nitrogens with zero attached hydrogens (tertiary/aromatic N) is 5. The highest BCUT2D eigenvalue weighted by atomic mass is 19.4. The summed E-state index contributed by atoms with van der Waals surface area (Å²) < 4.78 is 83.4. The Balaban J connectivity index is 1.72. The van der Waals surface area contributed by atoms with Gasteiger partial charge in [-0.2, -0.15) is 18.2 Å². The Hall–Kier alpha value is -4.40. The molecular formula is C27H24F6N6O3. The number of alkyl halides is 3. The van der Waals surface area contributed by atoms with Crippen LogP contribution >= 0.6 is 0 Å². The first-order valence-corrected chi connectivity index (χ1v) is 12.8. The van der Waals surface area contributed by atoms with Gasteiger partial charge in [0.15, 0.2) is 5.82 Å². The molecule has 42 heavy (non-hydrogen) atoms. The molecule has 0 saturated carbocycles. The smallest absolute Gasteiger partial charge is 0.351 e. The van der Waals surface area contributed by atoms with Crippen molar-refractivity contribution in [3.63, 3.8) is 0 Å². The summed E-state index contributed by atoms with van der Waals surface area (Å²) >= 11 is 0. The second-order valence-corrected chi connectivity index (χ2v) is 9.98. The number of benzene rings is 2. The van der Waals surface area contributed by atoms with Crippen molar-refractivity contribution >= 4 is 29.5 Å². The lowest BCUT2D eigenvalue weighted by Crippen LogP contribution is -2.48. The van der Waals surface area contributed by atoms with Crippen LogP contribution in [0.15, 0.2) is 36.4 Å². The molecule has 2 amide bonds. The highest BCUT2D eigenvalue weighted by Gasteiger charge is 2.47. The molecule has 3 aromatic rings. The Labute approximate surface area is 235 Å². The predicted octanol–water partition coefficient (Wildman–Crippen LogP) is 5.47. The Bertz CT molecular complexity index is 1520. The van der Waals surface area contributed by atoms with E-state index in [2.05, 4.69) is 25.0 Å². The van der Waals surface area contributed by atoms with E-state index in [9.17, 15) is 27.2 Å². The molecule has 1 fully saturated rings. The van der Waals surface area contributed by atoms with E-state index in [0.29, 0.717) is 28.9 Å². The highest BCUT2D eigenvalue weighted by Crippen LogP contribution is 2.42. The minimum atomic E-state index is -5.48. The number of hydrogen-bond donors (Lipinski definition) is 1. The topological polar surface area (TPSA) is 90.9 Å². The minimum absolute atomic E-state index is 0.0234. The maximum absolute atomic E-state index is 15.1. The Morgan fingerprint density at radius 3 is 2.33 bits per heavy atom. The summed E-state index contributed by atoms with van der Waals surface area (Å²) in [5, 5.41) is 3.20. The number of halogens is 6. The maximum Gasteiger partial charge on any atom is 0.493 e. The minimum Gasteiger partial charge on any atom is -0.351 e. The third-order valence-corrected chi connectivity index (χ3v) is 6.98. The Morgan fingerprint density at radius 2 is 1.71 bits per heavy atom. The lowest BCUT2D eigenvalue weighted by Gasteiger charge is -2.36. The number of urea groups is 1. The van der Waals surface area contributed by atoms with E-state index in [1.807, 2.05) is 7.05 Å². The first-order valence-electron chi connectivity index (χ1n) is 12.8. The summed E-state index contributed by atoms with van der Waals surface area (Å²) in [5.74, 6) is -6.16. The number of anilines is 3. The van der Waals surface area contributed by atoms with E-state index in [0.717, 1.165) is 37.4 Å². The number of carbonyl (C=O) groups excluding carboxylic acids is 2. The lowest BCUT2D eigenvalue weighted by molar-refractivity contribution is -0.229. The van der Waals surface area contributed by atoms with Gasteiger partial charge in [-0.25, -0.2) is 32.6 Å². The zero-order valence-corrected chi connectivity index (χ0v) is 22.3. The van der Waals surface area contributed by atoms with E-state index in [1.165, 1.54) is 12.1 Å². The number of aromatic nitrogens is 2. The van der Waals surface area contributed by atoms with Gasteiger partial charge in [-0.3, -0.25) is 0 Å². The number of hydroxylamine groups is 2. The SMILES string of the molecule is Cc1cc(F)ccc1-c1nc(NC2CCN(C)CC2)nc2c1CN(OC(=O)C(F)(F)F)C(=O)N2c1c(F)cccc1F. The predicted molar refractivity (Wildman–Crippen MR) is 138 cm³/mol. The molecule has 222 valence electrons. The van der Waals surface area contributed by atoms with Gasteiger partial charge in [0.05, 0.1) is 12.2 Å². The fourth-order valence-electron chi connectivity index (χ4n) is 4.86. The summed E-state index contributed by atoms with van der Waals surface area (Å²) in [6, 6.07) is 4.79. The first-order chi connectivity index (χ1) is 19.8.